The van der Waals surface area contributed by atoms with Crippen molar-refractivity contribution in [2.24, 2.45) is 0 Å². The van der Waals surface area contributed by atoms with E-state index in [1.165, 1.54) is 12.1 Å². The number of anilines is 2. The van der Waals surface area contributed by atoms with Crippen molar-refractivity contribution in [1.29, 1.82) is 0 Å². The third-order valence-electron chi connectivity index (χ3n) is 7.82. The molecule has 2 aromatic heterocycles. The number of piperidine rings is 1. The monoisotopic (exact) mass is 523 g/mol. The molecule has 3 aliphatic heterocycles. The standard InChI is InChI=1S/C27H34FN7O3/c1-31-9-10-32(2)26-15-24(33-16-19(36)17-33)29-25-14-21(30-35(25)26)22-5-3-4-8-34(22)27(37)20-13-18(28)6-7-23(20)38-12-11-31/h6-7,13-15,19,22,36H,3-5,8-12,16-17H2,1-2H3. The van der Waals surface area contributed by atoms with Gasteiger partial charge in [0.25, 0.3) is 5.91 Å². The number of β-amino-alcohol motifs (C(OH)–C–C–N with tert-alkyl or cyclic N) is 1. The van der Waals surface area contributed by atoms with E-state index in [1.54, 1.807) is 11.0 Å². The van der Waals surface area contributed by atoms with Gasteiger partial charge in [0.05, 0.1) is 23.4 Å². The van der Waals surface area contributed by atoms with E-state index < -0.39 is 5.82 Å². The minimum atomic E-state index is -0.464. The third-order valence-corrected chi connectivity index (χ3v) is 7.82. The van der Waals surface area contributed by atoms with Crippen LogP contribution in [0.3, 0.4) is 0 Å². The smallest absolute Gasteiger partial charge is 0.258 e. The van der Waals surface area contributed by atoms with E-state index in [1.807, 2.05) is 30.7 Å². The van der Waals surface area contributed by atoms with Crippen molar-refractivity contribution >= 4 is 23.2 Å². The fourth-order valence-electron chi connectivity index (χ4n) is 5.49. The highest BCUT2D eigenvalue weighted by Crippen LogP contribution is 2.35. The summed E-state index contributed by atoms with van der Waals surface area (Å²) in [6, 6.07) is 7.89. The van der Waals surface area contributed by atoms with Crippen LogP contribution in [0.2, 0.25) is 0 Å². The van der Waals surface area contributed by atoms with Crippen molar-refractivity contribution in [2.75, 3.05) is 69.8 Å². The van der Waals surface area contributed by atoms with Crippen molar-refractivity contribution < 1.29 is 19.0 Å². The Balaban J connectivity index is 1.45. The van der Waals surface area contributed by atoms with E-state index in [0.717, 1.165) is 49.7 Å². The quantitative estimate of drug-likeness (QED) is 0.519. The summed E-state index contributed by atoms with van der Waals surface area (Å²) in [4.78, 5) is 26.9. The summed E-state index contributed by atoms with van der Waals surface area (Å²) in [5.41, 5.74) is 1.71. The first kappa shape index (κ1) is 24.9. The number of hydrogen-bond donors (Lipinski definition) is 1. The van der Waals surface area contributed by atoms with E-state index in [2.05, 4.69) is 14.7 Å². The fraction of sp³-hybridized carbons (Fsp3) is 0.519. The van der Waals surface area contributed by atoms with Gasteiger partial charge in [-0.05, 0) is 44.5 Å². The average Bonchev–Trinajstić information content (AvgIpc) is 3.33. The molecule has 2 saturated heterocycles. The first-order chi connectivity index (χ1) is 18.4. The number of carbonyl (C=O) groups excluding carboxylic acids is 1. The Morgan fingerprint density at radius 1 is 1.05 bits per heavy atom. The number of amides is 1. The number of aliphatic hydroxyl groups is 1. The number of ether oxygens (including phenoxy) is 1. The molecule has 3 aliphatic rings. The second-order valence-corrected chi connectivity index (χ2v) is 10.6. The van der Waals surface area contributed by atoms with E-state index in [4.69, 9.17) is 14.8 Å². The van der Waals surface area contributed by atoms with Crippen LogP contribution in [0.5, 0.6) is 5.75 Å². The van der Waals surface area contributed by atoms with Crippen LogP contribution in [0, 0.1) is 5.82 Å². The van der Waals surface area contributed by atoms with Gasteiger partial charge >= 0.3 is 0 Å². The molecule has 38 heavy (non-hydrogen) atoms. The highest BCUT2D eigenvalue weighted by atomic mass is 19.1. The zero-order chi connectivity index (χ0) is 26.4. The predicted molar refractivity (Wildman–Crippen MR) is 141 cm³/mol. The number of aliphatic hydroxyl groups excluding tert-OH is 1. The molecule has 10 nitrogen and oxygen atoms in total. The van der Waals surface area contributed by atoms with Crippen LogP contribution in [0.1, 0.15) is 41.4 Å². The van der Waals surface area contributed by atoms with E-state index in [-0.39, 0.29) is 23.6 Å². The van der Waals surface area contributed by atoms with Gasteiger partial charge in [0.1, 0.15) is 29.8 Å². The largest absolute Gasteiger partial charge is 0.491 e. The first-order valence-corrected chi connectivity index (χ1v) is 13.3. The number of halogens is 1. The molecule has 11 heteroatoms. The Labute approximate surface area is 221 Å². The molecule has 0 radical (unpaired) electrons. The maximum atomic E-state index is 14.3. The molecule has 202 valence electrons. The Kier molecular flexibility index (Phi) is 6.56. The van der Waals surface area contributed by atoms with E-state index in [9.17, 15) is 14.3 Å². The maximum Gasteiger partial charge on any atom is 0.258 e. The lowest BCUT2D eigenvalue weighted by Crippen LogP contribution is -2.51. The number of hydrogen-bond acceptors (Lipinski definition) is 8. The highest BCUT2D eigenvalue weighted by molar-refractivity contribution is 5.97. The number of rotatable bonds is 1. The molecule has 0 aliphatic carbocycles. The summed E-state index contributed by atoms with van der Waals surface area (Å²) in [6.07, 6.45) is 2.27. The van der Waals surface area contributed by atoms with Crippen LogP contribution >= 0.6 is 0 Å². The van der Waals surface area contributed by atoms with Gasteiger partial charge in [-0.2, -0.15) is 9.61 Å². The van der Waals surface area contributed by atoms with Gasteiger partial charge in [0.2, 0.25) is 0 Å². The van der Waals surface area contributed by atoms with Crippen LogP contribution < -0.4 is 14.5 Å². The van der Waals surface area contributed by atoms with E-state index in [0.29, 0.717) is 44.2 Å². The average molecular weight is 524 g/mol. The van der Waals surface area contributed by atoms with Crippen molar-refractivity contribution in [1.82, 2.24) is 24.4 Å². The fourth-order valence-corrected chi connectivity index (χ4v) is 5.49. The normalized spacial score (nSPS) is 21.8. The predicted octanol–water partition coefficient (Wildman–Crippen LogP) is 2.18. The van der Waals surface area contributed by atoms with Gasteiger partial charge in [-0.15, -0.1) is 0 Å². The van der Waals surface area contributed by atoms with Crippen LogP contribution in [-0.2, 0) is 0 Å². The summed E-state index contributed by atoms with van der Waals surface area (Å²) in [7, 11) is 4.07. The summed E-state index contributed by atoms with van der Waals surface area (Å²) < 4.78 is 22.2. The molecule has 1 amide bonds. The Morgan fingerprint density at radius 2 is 1.89 bits per heavy atom. The van der Waals surface area contributed by atoms with Crippen LogP contribution in [0.4, 0.5) is 16.0 Å². The van der Waals surface area contributed by atoms with Crippen LogP contribution in [-0.4, -0.2) is 101 Å². The number of carbonyl (C=O) groups is 1. The minimum absolute atomic E-state index is 0.243. The van der Waals surface area contributed by atoms with Crippen molar-refractivity contribution in [3.05, 3.63) is 47.4 Å². The van der Waals surface area contributed by atoms with Crippen LogP contribution in [0.25, 0.3) is 5.65 Å². The molecule has 1 atom stereocenters. The van der Waals surface area contributed by atoms with Crippen LogP contribution in [0.15, 0.2) is 30.3 Å². The summed E-state index contributed by atoms with van der Waals surface area (Å²) in [6.45, 7) is 4.24. The number of aromatic nitrogens is 3. The molecule has 2 fully saturated rings. The molecule has 3 aromatic rings. The number of benzene rings is 1. The van der Waals surface area contributed by atoms with Crippen molar-refractivity contribution in [2.45, 2.75) is 31.4 Å². The minimum Gasteiger partial charge on any atom is -0.491 e. The number of fused-ring (bicyclic) bond motifs is 4. The molecule has 1 aromatic carbocycles. The van der Waals surface area contributed by atoms with Crippen molar-refractivity contribution in [3.63, 3.8) is 0 Å². The molecule has 0 saturated carbocycles. The Hall–Kier alpha value is -3.44. The van der Waals surface area contributed by atoms with Gasteiger partial charge in [-0.25, -0.2) is 9.37 Å². The second-order valence-electron chi connectivity index (χ2n) is 10.6. The second kappa shape index (κ2) is 10.0. The Morgan fingerprint density at radius 3 is 2.71 bits per heavy atom. The lowest BCUT2D eigenvalue weighted by atomic mass is 9.98. The molecule has 0 spiro atoms. The molecular formula is C27H34FN7O3. The molecule has 6 rings (SSSR count). The van der Waals surface area contributed by atoms with Gasteiger partial charge in [0.15, 0.2) is 5.65 Å². The Bertz CT molecular complexity index is 1340. The van der Waals surface area contributed by atoms with E-state index >= 15 is 0 Å². The molecule has 5 heterocycles. The third kappa shape index (κ3) is 4.64. The van der Waals surface area contributed by atoms with Gasteiger partial charge in [0, 0.05) is 58.4 Å². The van der Waals surface area contributed by atoms with Gasteiger partial charge in [-0.1, -0.05) is 0 Å². The zero-order valence-corrected chi connectivity index (χ0v) is 21.9. The molecule has 1 N–H and O–H groups in total. The number of nitrogens with zero attached hydrogens (tertiary/aromatic N) is 7. The summed E-state index contributed by atoms with van der Waals surface area (Å²) in [5.74, 6) is 1.39. The van der Waals surface area contributed by atoms with Gasteiger partial charge < -0.3 is 29.4 Å². The molecule has 1 unspecified atom stereocenters. The first-order valence-electron chi connectivity index (χ1n) is 13.3. The lowest BCUT2D eigenvalue weighted by molar-refractivity contribution is 0.0600. The number of likely N-dealkylation sites (N-methyl/N-ethyl adjacent to an activating group) is 2. The van der Waals surface area contributed by atoms with Crippen molar-refractivity contribution in [3.8, 4) is 5.75 Å². The van der Waals surface area contributed by atoms with Gasteiger partial charge in [-0.3, -0.25) is 4.79 Å². The SMILES string of the molecule is CN1CCOc2ccc(F)cc2C(=O)N2CCCCC2c2cc3nc(N4CC(O)C4)cc(n3n2)N(C)CC1. The lowest BCUT2D eigenvalue weighted by Gasteiger charge is -2.37. The summed E-state index contributed by atoms with van der Waals surface area (Å²) in [5, 5.41) is 14.8. The topological polar surface area (TPSA) is 89.7 Å². The molecule has 2 bridgehead atoms. The highest BCUT2D eigenvalue weighted by Gasteiger charge is 2.33. The maximum absolute atomic E-state index is 14.3. The summed E-state index contributed by atoms with van der Waals surface area (Å²) >= 11 is 0. The molecular weight excluding hydrogens is 489 g/mol. The zero-order valence-electron chi connectivity index (χ0n) is 21.9.